The van der Waals surface area contributed by atoms with Crippen LogP contribution in [0.1, 0.15) is 60.9 Å². The van der Waals surface area contributed by atoms with Crippen LogP contribution >= 0.6 is 0 Å². The normalized spacial score (nSPS) is 13.1. The lowest BCUT2D eigenvalue weighted by atomic mass is 9.86. The third kappa shape index (κ3) is 4.32. The van der Waals surface area contributed by atoms with Crippen LogP contribution in [0.4, 0.5) is 13.2 Å². The Morgan fingerprint density at radius 3 is 2.29 bits per heavy atom. The Kier molecular flexibility index (Phi) is 6.31. The van der Waals surface area contributed by atoms with Gasteiger partial charge in [0.15, 0.2) is 11.6 Å². The molecule has 0 radical (unpaired) electrons. The summed E-state index contributed by atoms with van der Waals surface area (Å²) >= 11 is 0. The summed E-state index contributed by atoms with van der Waals surface area (Å²) in [5, 5.41) is 0. The van der Waals surface area contributed by atoms with Crippen molar-refractivity contribution in [1.29, 1.82) is 0 Å². The van der Waals surface area contributed by atoms with E-state index in [1.807, 2.05) is 6.08 Å². The highest BCUT2D eigenvalue weighted by Gasteiger charge is 2.20. The van der Waals surface area contributed by atoms with Gasteiger partial charge in [0.2, 0.25) is 0 Å². The number of allylic oxidation sites excluding steroid dienone is 1. The molecule has 0 saturated heterocycles. The Labute approximate surface area is 182 Å². The van der Waals surface area contributed by atoms with Crippen LogP contribution in [0.15, 0.2) is 48.5 Å². The van der Waals surface area contributed by atoms with E-state index >= 15 is 0 Å². The van der Waals surface area contributed by atoms with Crippen LogP contribution in [0, 0.1) is 17.5 Å². The van der Waals surface area contributed by atoms with E-state index in [2.05, 4.69) is 31.2 Å². The molecule has 0 unspecified atom stereocenters. The number of benzene rings is 3. The molecular formula is C28H27F3. The zero-order chi connectivity index (χ0) is 22.0. The van der Waals surface area contributed by atoms with Gasteiger partial charge in [-0.1, -0.05) is 62.7 Å². The zero-order valence-corrected chi connectivity index (χ0v) is 18.1. The van der Waals surface area contributed by atoms with Gasteiger partial charge in [0.25, 0.3) is 0 Å². The lowest BCUT2D eigenvalue weighted by molar-refractivity contribution is 0.501. The number of aryl methyl sites for hydroxylation is 3. The van der Waals surface area contributed by atoms with Gasteiger partial charge < -0.3 is 0 Å². The summed E-state index contributed by atoms with van der Waals surface area (Å²) < 4.78 is 43.8. The van der Waals surface area contributed by atoms with E-state index in [0.29, 0.717) is 12.0 Å². The largest absolute Gasteiger partial charge is 0.206 e. The fourth-order valence-corrected chi connectivity index (χ4v) is 4.28. The first-order valence-corrected chi connectivity index (χ1v) is 11.1. The van der Waals surface area contributed by atoms with Gasteiger partial charge in [0.1, 0.15) is 5.82 Å². The molecule has 31 heavy (non-hydrogen) atoms. The molecular weight excluding hydrogens is 393 g/mol. The molecule has 0 atom stereocenters. The number of hydrogen-bond donors (Lipinski definition) is 0. The van der Waals surface area contributed by atoms with Gasteiger partial charge in [-0.25, -0.2) is 13.2 Å². The van der Waals surface area contributed by atoms with Gasteiger partial charge >= 0.3 is 0 Å². The van der Waals surface area contributed by atoms with Crippen LogP contribution in [0.3, 0.4) is 0 Å². The summed E-state index contributed by atoms with van der Waals surface area (Å²) in [6, 6.07) is 14.8. The molecule has 0 N–H and O–H groups in total. The second-order valence-corrected chi connectivity index (χ2v) is 8.25. The number of rotatable bonds is 6. The summed E-state index contributed by atoms with van der Waals surface area (Å²) in [5.41, 5.74) is 5.82. The molecule has 0 bridgehead atoms. The van der Waals surface area contributed by atoms with E-state index < -0.39 is 17.5 Å². The van der Waals surface area contributed by atoms with Crippen LogP contribution in [0.25, 0.3) is 22.8 Å². The molecule has 1 aliphatic carbocycles. The SMILES string of the molecule is CCCCc1ccc(C2=Cc3cc(F)c(-c4ccc(CC)c(F)c4F)cc3CC2)cc1. The predicted octanol–water partition coefficient (Wildman–Crippen LogP) is 8.16. The summed E-state index contributed by atoms with van der Waals surface area (Å²) in [6.45, 7) is 3.95. The average Bonchev–Trinajstić information content (AvgIpc) is 2.79. The number of fused-ring (bicyclic) bond motifs is 1. The molecule has 0 fully saturated rings. The maximum Gasteiger partial charge on any atom is 0.167 e. The van der Waals surface area contributed by atoms with Crippen molar-refractivity contribution in [3.05, 3.63) is 93.8 Å². The van der Waals surface area contributed by atoms with E-state index in [1.165, 1.54) is 42.2 Å². The van der Waals surface area contributed by atoms with Gasteiger partial charge in [-0.2, -0.15) is 0 Å². The van der Waals surface area contributed by atoms with Crippen molar-refractivity contribution < 1.29 is 13.2 Å². The molecule has 0 heterocycles. The highest BCUT2D eigenvalue weighted by atomic mass is 19.2. The second-order valence-electron chi connectivity index (χ2n) is 8.25. The molecule has 0 aromatic heterocycles. The molecule has 0 spiro atoms. The average molecular weight is 421 g/mol. The number of hydrogen-bond acceptors (Lipinski definition) is 0. The number of halogens is 3. The predicted molar refractivity (Wildman–Crippen MR) is 122 cm³/mol. The molecule has 0 aliphatic heterocycles. The highest BCUT2D eigenvalue weighted by Crippen LogP contribution is 2.36. The Morgan fingerprint density at radius 2 is 1.58 bits per heavy atom. The topological polar surface area (TPSA) is 0 Å². The lowest BCUT2D eigenvalue weighted by Gasteiger charge is -2.19. The lowest BCUT2D eigenvalue weighted by Crippen LogP contribution is -2.03. The van der Waals surface area contributed by atoms with Crippen LogP contribution < -0.4 is 0 Å². The fraction of sp³-hybridized carbons (Fsp3) is 0.286. The molecule has 3 aromatic rings. The van der Waals surface area contributed by atoms with Gasteiger partial charge in [-0.3, -0.25) is 0 Å². The molecule has 4 rings (SSSR count). The standard InChI is InChI=1S/C28H27F3/c1-3-5-6-18-7-9-20(10-8-18)21-11-12-22-16-25(26(29)17-23(22)15-21)24-14-13-19(4-2)27(30)28(24)31/h7-10,13-17H,3-6,11-12H2,1-2H3. The first-order chi connectivity index (χ1) is 15.0. The second kappa shape index (κ2) is 9.13. The Balaban J connectivity index is 1.66. The first-order valence-electron chi connectivity index (χ1n) is 11.1. The van der Waals surface area contributed by atoms with Crippen molar-refractivity contribution in [2.45, 2.75) is 52.4 Å². The quantitative estimate of drug-likeness (QED) is 0.377. The highest BCUT2D eigenvalue weighted by molar-refractivity contribution is 5.85. The van der Waals surface area contributed by atoms with Crippen LogP contribution in [-0.2, 0) is 19.3 Å². The van der Waals surface area contributed by atoms with Crippen molar-refractivity contribution in [2.24, 2.45) is 0 Å². The maximum absolute atomic E-state index is 14.9. The van der Waals surface area contributed by atoms with E-state index in [-0.39, 0.29) is 11.1 Å². The van der Waals surface area contributed by atoms with E-state index in [0.717, 1.165) is 36.0 Å². The zero-order valence-electron chi connectivity index (χ0n) is 18.1. The van der Waals surface area contributed by atoms with Crippen molar-refractivity contribution >= 4 is 11.6 Å². The van der Waals surface area contributed by atoms with Crippen LogP contribution in [0.5, 0.6) is 0 Å². The van der Waals surface area contributed by atoms with Gasteiger partial charge in [0.05, 0.1) is 0 Å². The van der Waals surface area contributed by atoms with Gasteiger partial charge in [0, 0.05) is 11.1 Å². The molecule has 0 amide bonds. The van der Waals surface area contributed by atoms with Crippen molar-refractivity contribution in [3.63, 3.8) is 0 Å². The smallest absolute Gasteiger partial charge is 0.167 e. The summed E-state index contributed by atoms with van der Waals surface area (Å²) in [4.78, 5) is 0. The molecule has 160 valence electrons. The summed E-state index contributed by atoms with van der Waals surface area (Å²) in [7, 11) is 0. The fourth-order valence-electron chi connectivity index (χ4n) is 4.28. The van der Waals surface area contributed by atoms with Gasteiger partial charge in [-0.15, -0.1) is 0 Å². The van der Waals surface area contributed by atoms with Crippen molar-refractivity contribution in [3.8, 4) is 11.1 Å². The van der Waals surface area contributed by atoms with Crippen molar-refractivity contribution in [2.75, 3.05) is 0 Å². The molecule has 1 aliphatic rings. The minimum Gasteiger partial charge on any atom is -0.206 e. The summed E-state index contributed by atoms with van der Waals surface area (Å²) in [5.74, 6) is -2.40. The molecule has 0 saturated carbocycles. The Hall–Kier alpha value is -2.81. The van der Waals surface area contributed by atoms with E-state index in [4.69, 9.17) is 0 Å². The third-order valence-corrected chi connectivity index (χ3v) is 6.20. The molecule has 0 nitrogen and oxygen atoms in total. The molecule has 3 heteroatoms. The third-order valence-electron chi connectivity index (χ3n) is 6.20. The first kappa shape index (κ1) is 21.4. The maximum atomic E-state index is 14.9. The Bertz CT molecular complexity index is 1120. The minimum atomic E-state index is -0.978. The minimum absolute atomic E-state index is 0.0209. The van der Waals surface area contributed by atoms with E-state index in [1.54, 1.807) is 13.0 Å². The van der Waals surface area contributed by atoms with E-state index in [9.17, 15) is 13.2 Å². The monoisotopic (exact) mass is 420 g/mol. The summed E-state index contributed by atoms with van der Waals surface area (Å²) in [6.07, 6.45) is 7.43. The molecule has 3 aromatic carbocycles. The van der Waals surface area contributed by atoms with Crippen molar-refractivity contribution in [1.82, 2.24) is 0 Å². The van der Waals surface area contributed by atoms with Gasteiger partial charge in [-0.05, 0) is 77.6 Å². The number of unbranched alkanes of at least 4 members (excludes halogenated alkanes) is 1. The van der Waals surface area contributed by atoms with Crippen LogP contribution in [0.2, 0.25) is 0 Å². The van der Waals surface area contributed by atoms with Crippen LogP contribution in [-0.4, -0.2) is 0 Å². The Morgan fingerprint density at radius 1 is 0.806 bits per heavy atom.